The zero-order valence-corrected chi connectivity index (χ0v) is 9.93. The summed E-state index contributed by atoms with van der Waals surface area (Å²) in [5.41, 5.74) is 0. The van der Waals surface area contributed by atoms with E-state index >= 15 is 0 Å². The maximum atomic E-state index is 5.20. The Kier molecular flexibility index (Phi) is 5.77. The van der Waals surface area contributed by atoms with Crippen LogP contribution in [-0.4, -0.2) is 31.6 Å². The van der Waals surface area contributed by atoms with E-state index in [0.29, 0.717) is 6.54 Å². The number of aliphatic imine (C=N–C) groups is 1. The molecule has 0 atom stereocenters. The monoisotopic (exact) mass is 227 g/mol. The Balaban J connectivity index is 2.23. The van der Waals surface area contributed by atoms with Crippen molar-refractivity contribution >= 4 is 17.7 Å². The second kappa shape index (κ2) is 7.23. The van der Waals surface area contributed by atoms with Crippen LogP contribution in [-0.2, 0) is 6.54 Å². The van der Waals surface area contributed by atoms with Gasteiger partial charge in [-0.15, -0.1) is 0 Å². The summed E-state index contributed by atoms with van der Waals surface area (Å²) in [5.74, 6) is 2.78. The van der Waals surface area contributed by atoms with Gasteiger partial charge in [0.15, 0.2) is 5.96 Å². The Morgan fingerprint density at radius 1 is 1.53 bits per heavy atom. The number of hydrogen-bond acceptors (Lipinski definition) is 3. The van der Waals surface area contributed by atoms with Crippen molar-refractivity contribution in [3.8, 4) is 0 Å². The van der Waals surface area contributed by atoms with Crippen LogP contribution in [0.5, 0.6) is 0 Å². The highest BCUT2D eigenvalue weighted by atomic mass is 32.2. The van der Waals surface area contributed by atoms with E-state index in [1.54, 1.807) is 25.1 Å². The number of guanidine groups is 1. The maximum Gasteiger partial charge on any atom is 0.191 e. The zero-order valence-electron chi connectivity index (χ0n) is 9.12. The van der Waals surface area contributed by atoms with Crippen LogP contribution in [0.15, 0.2) is 27.8 Å². The van der Waals surface area contributed by atoms with E-state index in [1.165, 1.54) is 0 Å². The number of nitrogens with one attached hydrogen (secondary N) is 2. The van der Waals surface area contributed by atoms with Crippen LogP contribution in [0.4, 0.5) is 0 Å². The zero-order chi connectivity index (χ0) is 10.9. The van der Waals surface area contributed by atoms with Gasteiger partial charge in [0.1, 0.15) is 5.76 Å². The van der Waals surface area contributed by atoms with Gasteiger partial charge in [0.25, 0.3) is 0 Å². The van der Waals surface area contributed by atoms with Gasteiger partial charge in [-0.2, -0.15) is 11.8 Å². The molecule has 0 radical (unpaired) electrons. The Bertz CT molecular complexity index is 285. The van der Waals surface area contributed by atoms with E-state index in [9.17, 15) is 0 Å². The van der Waals surface area contributed by atoms with Crippen molar-refractivity contribution in [1.82, 2.24) is 10.6 Å². The summed E-state index contributed by atoms with van der Waals surface area (Å²) in [4.78, 5) is 4.10. The van der Waals surface area contributed by atoms with Crippen LogP contribution in [0.2, 0.25) is 0 Å². The number of nitrogens with zero attached hydrogens (tertiary/aromatic N) is 1. The molecule has 1 aromatic heterocycles. The van der Waals surface area contributed by atoms with Crippen molar-refractivity contribution in [2.45, 2.75) is 6.54 Å². The van der Waals surface area contributed by atoms with Gasteiger partial charge < -0.3 is 15.1 Å². The molecule has 0 saturated carbocycles. The molecule has 0 aliphatic carbocycles. The van der Waals surface area contributed by atoms with Crippen LogP contribution < -0.4 is 10.6 Å². The third-order valence-electron chi connectivity index (χ3n) is 1.83. The molecule has 0 bridgehead atoms. The van der Waals surface area contributed by atoms with Gasteiger partial charge in [-0.1, -0.05) is 0 Å². The van der Waals surface area contributed by atoms with Crippen molar-refractivity contribution in [1.29, 1.82) is 0 Å². The molecule has 0 spiro atoms. The van der Waals surface area contributed by atoms with E-state index in [0.717, 1.165) is 24.0 Å². The molecule has 0 aliphatic heterocycles. The van der Waals surface area contributed by atoms with Crippen LogP contribution in [0.25, 0.3) is 0 Å². The quantitative estimate of drug-likeness (QED) is 0.452. The molecule has 1 heterocycles. The lowest BCUT2D eigenvalue weighted by Gasteiger charge is -2.09. The minimum Gasteiger partial charge on any atom is -0.467 e. The Hall–Kier alpha value is -1.10. The highest BCUT2D eigenvalue weighted by molar-refractivity contribution is 7.98. The second-order valence-corrected chi connectivity index (χ2v) is 3.91. The lowest BCUT2D eigenvalue weighted by atomic mass is 10.4. The molecular formula is C10H17N3OS. The minimum atomic E-state index is 0.659. The first-order valence-electron chi connectivity index (χ1n) is 4.82. The third-order valence-corrected chi connectivity index (χ3v) is 2.44. The molecule has 0 fully saturated rings. The maximum absolute atomic E-state index is 5.20. The molecule has 15 heavy (non-hydrogen) atoms. The van der Waals surface area contributed by atoms with Crippen molar-refractivity contribution in [2.24, 2.45) is 4.99 Å². The smallest absolute Gasteiger partial charge is 0.191 e. The summed E-state index contributed by atoms with van der Waals surface area (Å²) in [6, 6.07) is 3.81. The van der Waals surface area contributed by atoms with E-state index in [4.69, 9.17) is 4.42 Å². The lowest BCUT2D eigenvalue weighted by molar-refractivity contribution is 0.501. The predicted octanol–water partition coefficient (Wildman–Crippen LogP) is 1.31. The standard InChI is InChI=1S/C10H17N3OS/c1-11-10(12-5-7-15-2)13-8-9-4-3-6-14-9/h3-4,6H,5,7-8H2,1-2H3,(H2,11,12,13). The number of thioether (sulfide) groups is 1. The molecule has 0 saturated heterocycles. The number of furan rings is 1. The average molecular weight is 227 g/mol. The van der Waals surface area contributed by atoms with Crippen molar-refractivity contribution in [3.63, 3.8) is 0 Å². The number of rotatable bonds is 5. The third kappa shape index (κ3) is 4.78. The first-order chi connectivity index (χ1) is 7.36. The molecule has 1 aromatic rings. The fraction of sp³-hybridized carbons (Fsp3) is 0.500. The second-order valence-electron chi connectivity index (χ2n) is 2.92. The largest absolute Gasteiger partial charge is 0.467 e. The minimum absolute atomic E-state index is 0.659. The molecule has 5 heteroatoms. The molecule has 84 valence electrons. The summed E-state index contributed by atoms with van der Waals surface area (Å²) in [6.45, 7) is 1.57. The van der Waals surface area contributed by atoms with Gasteiger partial charge in [-0.3, -0.25) is 4.99 Å². The average Bonchev–Trinajstić information content (AvgIpc) is 2.76. The lowest BCUT2D eigenvalue weighted by Crippen LogP contribution is -2.37. The van der Waals surface area contributed by atoms with Gasteiger partial charge in [0.05, 0.1) is 12.8 Å². The van der Waals surface area contributed by atoms with Gasteiger partial charge in [0.2, 0.25) is 0 Å². The first-order valence-corrected chi connectivity index (χ1v) is 6.22. The molecule has 0 aliphatic rings. The topological polar surface area (TPSA) is 49.6 Å². The van der Waals surface area contributed by atoms with Gasteiger partial charge in [-0.05, 0) is 18.4 Å². The summed E-state index contributed by atoms with van der Waals surface area (Å²) >= 11 is 1.81. The van der Waals surface area contributed by atoms with Crippen LogP contribution in [0.1, 0.15) is 5.76 Å². The summed E-state index contributed by atoms with van der Waals surface area (Å²) < 4.78 is 5.20. The van der Waals surface area contributed by atoms with Gasteiger partial charge in [-0.25, -0.2) is 0 Å². The van der Waals surface area contributed by atoms with Crippen LogP contribution >= 0.6 is 11.8 Å². The van der Waals surface area contributed by atoms with E-state index in [2.05, 4.69) is 21.9 Å². The fourth-order valence-corrected chi connectivity index (χ4v) is 1.38. The van der Waals surface area contributed by atoms with E-state index in [1.807, 2.05) is 12.1 Å². The highest BCUT2D eigenvalue weighted by Crippen LogP contribution is 1.98. The van der Waals surface area contributed by atoms with Gasteiger partial charge >= 0.3 is 0 Å². The Morgan fingerprint density at radius 2 is 2.40 bits per heavy atom. The van der Waals surface area contributed by atoms with E-state index < -0.39 is 0 Å². The molecular weight excluding hydrogens is 210 g/mol. The normalized spacial score (nSPS) is 11.5. The predicted molar refractivity (Wildman–Crippen MR) is 65.3 cm³/mol. The Labute approximate surface area is 94.5 Å². The van der Waals surface area contributed by atoms with Crippen molar-refractivity contribution in [2.75, 3.05) is 25.6 Å². The first kappa shape index (κ1) is 12.0. The molecule has 0 unspecified atom stereocenters. The van der Waals surface area contributed by atoms with Crippen LogP contribution in [0.3, 0.4) is 0 Å². The van der Waals surface area contributed by atoms with Crippen LogP contribution in [0, 0.1) is 0 Å². The Morgan fingerprint density at radius 3 is 3.00 bits per heavy atom. The van der Waals surface area contributed by atoms with E-state index in [-0.39, 0.29) is 0 Å². The molecule has 1 rings (SSSR count). The van der Waals surface area contributed by atoms with Crippen molar-refractivity contribution < 1.29 is 4.42 Å². The summed E-state index contributed by atoms with van der Waals surface area (Å²) in [6.07, 6.45) is 3.75. The SMILES string of the molecule is CN=C(NCCSC)NCc1ccco1. The van der Waals surface area contributed by atoms with Crippen molar-refractivity contribution in [3.05, 3.63) is 24.2 Å². The molecule has 2 N–H and O–H groups in total. The summed E-state index contributed by atoms with van der Waals surface area (Å²) in [7, 11) is 1.76. The molecule has 0 aromatic carbocycles. The molecule has 0 amide bonds. The summed E-state index contributed by atoms with van der Waals surface area (Å²) in [5, 5.41) is 6.38. The molecule has 4 nitrogen and oxygen atoms in total. The van der Waals surface area contributed by atoms with Gasteiger partial charge in [0, 0.05) is 19.3 Å². The fourth-order valence-electron chi connectivity index (χ4n) is 1.08. The number of hydrogen-bond donors (Lipinski definition) is 2. The highest BCUT2D eigenvalue weighted by Gasteiger charge is 1.98.